The summed E-state index contributed by atoms with van der Waals surface area (Å²) in [5, 5.41) is 0. The zero-order valence-electron chi connectivity index (χ0n) is 15.6. The lowest BCUT2D eigenvalue weighted by atomic mass is 10.0. The zero-order valence-corrected chi connectivity index (χ0v) is 15.6. The van der Waals surface area contributed by atoms with Crippen LogP contribution in [-0.4, -0.2) is 39.7 Å². The van der Waals surface area contributed by atoms with Crippen LogP contribution in [0.15, 0.2) is 12.1 Å². The molecule has 0 aromatic heterocycles. The van der Waals surface area contributed by atoms with Crippen molar-refractivity contribution in [1.82, 2.24) is 0 Å². The maximum atomic E-state index is 12.5. The summed E-state index contributed by atoms with van der Waals surface area (Å²) in [6.45, 7) is 2.21. The summed E-state index contributed by atoms with van der Waals surface area (Å²) in [5.74, 6) is 1.19. The van der Waals surface area contributed by atoms with Crippen molar-refractivity contribution in [1.29, 1.82) is 0 Å². The van der Waals surface area contributed by atoms with Gasteiger partial charge < -0.3 is 18.9 Å². The predicted molar refractivity (Wildman–Crippen MR) is 94.8 cm³/mol. The molecule has 0 radical (unpaired) electrons. The Balaban J connectivity index is 2.51. The molecule has 0 N–H and O–H groups in total. The fraction of sp³-hybridized carbons (Fsp3) is 0.579. The van der Waals surface area contributed by atoms with Crippen molar-refractivity contribution in [3.8, 4) is 17.2 Å². The lowest BCUT2D eigenvalue weighted by molar-refractivity contribution is -0.143. The van der Waals surface area contributed by atoms with Gasteiger partial charge in [-0.25, -0.2) is 0 Å². The molecule has 25 heavy (non-hydrogen) atoms. The van der Waals surface area contributed by atoms with Gasteiger partial charge in [-0.2, -0.15) is 0 Å². The van der Waals surface area contributed by atoms with Gasteiger partial charge in [0.25, 0.3) is 0 Å². The van der Waals surface area contributed by atoms with Crippen molar-refractivity contribution < 1.29 is 28.5 Å². The predicted octanol–water partition coefficient (Wildman–Crippen LogP) is 3.80. The molecule has 0 saturated heterocycles. The molecule has 0 amide bonds. The second-order valence-electron chi connectivity index (χ2n) is 5.52. The summed E-state index contributed by atoms with van der Waals surface area (Å²) in [5.41, 5.74) is 0.492. The second kappa shape index (κ2) is 11.3. The molecular weight excluding hydrogens is 324 g/mol. The van der Waals surface area contributed by atoms with Crippen molar-refractivity contribution in [2.75, 3.05) is 27.9 Å². The van der Waals surface area contributed by atoms with Crippen molar-refractivity contribution in [3.05, 3.63) is 17.7 Å². The molecule has 0 fully saturated rings. The number of hydrogen-bond acceptors (Lipinski definition) is 6. The summed E-state index contributed by atoms with van der Waals surface area (Å²) in [6, 6.07) is 3.40. The average molecular weight is 352 g/mol. The SMILES string of the molecule is CCOC(=O)CCCCCCC(=O)c1ccc(OC)c(OC)c1OC. The molecular formula is C19H28O6. The first-order valence-corrected chi connectivity index (χ1v) is 8.56. The number of unbranched alkanes of at least 4 members (excludes halogenated alkanes) is 3. The highest BCUT2D eigenvalue weighted by atomic mass is 16.5. The van der Waals surface area contributed by atoms with E-state index in [1.165, 1.54) is 21.3 Å². The minimum atomic E-state index is -0.159. The van der Waals surface area contributed by atoms with Gasteiger partial charge in [-0.3, -0.25) is 9.59 Å². The van der Waals surface area contributed by atoms with Crippen LogP contribution >= 0.6 is 0 Å². The number of carbonyl (C=O) groups is 2. The maximum Gasteiger partial charge on any atom is 0.305 e. The third-order valence-electron chi connectivity index (χ3n) is 3.84. The van der Waals surface area contributed by atoms with Crippen molar-refractivity contribution in [2.24, 2.45) is 0 Å². The molecule has 0 aliphatic carbocycles. The summed E-state index contributed by atoms with van der Waals surface area (Å²) in [7, 11) is 4.55. The van der Waals surface area contributed by atoms with Gasteiger partial charge in [-0.15, -0.1) is 0 Å². The van der Waals surface area contributed by atoms with Crippen LogP contribution in [-0.2, 0) is 9.53 Å². The molecule has 0 aliphatic rings. The smallest absolute Gasteiger partial charge is 0.305 e. The lowest BCUT2D eigenvalue weighted by Gasteiger charge is -2.15. The van der Waals surface area contributed by atoms with Crippen molar-refractivity contribution in [3.63, 3.8) is 0 Å². The largest absolute Gasteiger partial charge is 0.493 e. The van der Waals surface area contributed by atoms with E-state index in [4.69, 9.17) is 18.9 Å². The standard InChI is InChI=1S/C19H28O6/c1-5-25-17(21)11-9-7-6-8-10-15(20)14-12-13-16(22-2)19(24-4)18(14)23-3/h12-13H,5-11H2,1-4H3. The van der Waals surface area contributed by atoms with Gasteiger partial charge in [0.05, 0.1) is 33.5 Å². The molecule has 0 saturated carbocycles. The van der Waals surface area contributed by atoms with E-state index in [2.05, 4.69) is 0 Å². The first-order valence-electron chi connectivity index (χ1n) is 8.56. The summed E-state index contributed by atoms with van der Waals surface area (Å²) >= 11 is 0. The fourth-order valence-corrected chi connectivity index (χ4v) is 2.60. The van der Waals surface area contributed by atoms with Crippen LogP contribution in [0.1, 0.15) is 55.8 Å². The molecule has 0 atom stereocenters. The third kappa shape index (κ3) is 6.29. The van der Waals surface area contributed by atoms with Crippen molar-refractivity contribution >= 4 is 11.8 Å². The Kier molecular flexibility index (Phi) is 9.43. The normalized spacial score (nSPS) is 10.2. The highest BCUT2D eigenvalue weighted by Crippen LogP contribution is 2.40. The van der Waals surface area contributed by atoms with E-state index in [-0.39, 0.29) is 11.8 Å². The Morgan fingerprint density at radius 3 is 2.04 bits per heavy atom. The Hall–Kier alpha value is -2.24. The van der Waals surface area contributed by atoms with E-state index in [0.29, 0.717) is 42.3 Å². The van der Waals surface area contributed by atoms with E-state index in [1.54, 1.807) is 19.1 Å². The van der Waals surface area contributed by atoms with Gasteiger partial charge in [0.15, 0.2) is 17.3 Å². The van der Waals surface area contributed by atoms with Gasteiger partial charge >= 0.3 is 5.97 Å². The van der Waals surface area contributed by atoms with E-state index in [9.17, 15) is 9.59 Å². The quantitative estimate of drug-likeness (QED) is 0.324. The average Bonchev–Trinajstić information content (AvgIpc) is 2.62. The van der Waals surface area contributed by atoms with E-state index in [0.717, 1.165) is 25.7 Å². The highest BCUT2D eigenvalue weighted by Gasteiger charge is 2.20. The van der Waals surface area contributed by atoms with Crippen LogP contribution in [0.3, 0.4) is 0 Å². The van der Waals surface area contributed by atoms with Crippen LogP contribution in [0, 0.1) is 0 Å². The topological polar surface area (TPSA) is 71.1 Å². The number of rotatable bonds is 12. The first-order chi connectivity index (χ1) is 12.1. The lowest BCUT2D eigenvalue weighted by Crippen LogP contribution is -2.05. The summed E-state index contributed by atoms with van der Waals surface area (Å²) in [6.07, 6.45) is 4.19. The van der Waals surface area contributed by atoms with E-state index in [1.807, 2.05) is 0 Å². The highest BCUT2D eigenvalue weighted by molar-refractivity contribution is 5.99. The molecule has 1 aromatic carbocycles. The number of ether oxygens (including phenoxy) is 4. The minimum Gasteiger partial charge on any atom is -0.493 e. The van der Waals surface area contributed by atoms with Gasteiger partial charge in [-0.05, 0) is 31.9 Å². The molecule has 0 unspecified atom stereocenters. The number of esters is 1. The number of methoxy groups -OCH3 is 3. The van der Waals surface area contributed by atoms with Gasteiger partial charge in [0.1, 0.15) is 0 Å². The van der Waals surface area contributed by atoms with Gasteiger partial charge in [0.2, 0.25) is 5.75 Å². The minimum absolute atomic E-state index is 0.00296. The monoisotopic (exact) mass is 352 g/mol. The first kappa shape index (κ1) is 20.8. The van der Waals surface area contributed by atoms with Crippen LogP contribution in [0.4, 0.5) is 0 Å². The Morgan fingerprint density at radius 1 is 0.840 bits per heavy atom. The molecule has 1 aromatic rings. The molecule has 0 aliphatic heterocycles. The molecule has 0 heterocycles. The molecule has 0 spiro atoms. The Labute approximate surface area is 149 Å². The number of Topliss-reactive ketones (excluding diaryl/α,β-unsaturated/α-hetero) is 1. The molecule has 6 nitrogen and oxygen atoms in total. The Bertz CT molecular complexity index is 567. The Morgan fingerprint density at radius 2 is 1.48 bits per heavy atom. The summed E-state index contributed by atoms with van der Waals surface area (Å²) < 4.78 is 20.8. The van der Waals surface area contributed by atoms with Crippen LogP contribution in [0.5, 0.6) is 17.2 Å². The van der Waals surface area contributed by atoms with Crippen LogP contribution in [0.25, 0.3) is 0 Å². The van der Waals surface area contributed by atoms with Gasteiger partial charge in [-0.1, -0.05) is 12.8 Å². The zero-order chi connectivity index (χ0) is 18.7. The maximum absolute atomic E-state index is 12.5. The molecule has 6 heteroatoms. The van der Waals surface area contributed by atoms with E-state index >= 15 is 0 Å². The number of ketones is 1. The second-order valence-corrected chi connectivity index (χ2v) is 5.52. The number of carbonyl (C=O) groups excluding carboxylic acids is 2. The third-order valence-corrected chi connectivity index (χ3v) is 3.84. The molecule has 1 rings (SSSR count). The van der Waals surface area contributed by atoms with Gasteiger partial charge in [0, 0.05) is 12.8 Å². The molecule has 0 bridgehead atoms. The summed E-state index contributed by atoms with van der Waals surface area (Å²) in [4.78, 5) is 23.7. The van der Waals surface area contributed by atoms with E-state index < -0.39 is 0 Å². The number of hydrogen-bond donors (Lipinski definition) is 0. The number of benzene rings is 1. The van der Waals surface area contributed by atoms with Crippen LogP contribution < -0.4 is 14.2 Å². The van der Waals surface area contributed by atoms with Crippen LogP contribution in [0.2, 0.25) is 0 Å². The molecule has 140 valence electrons. The van der Waals surface area contributed by atoms with Crippen molar-refractivity contribution in [2.45, 2.75) is 45.4 Å². The fourth-order valence-electron chi connectivity index (χ4n) is 2.60.